The average molecular weight is 189 g/mol. The summed E-state index contributed by atoms with van der Waals surface area (Å²) in [5, 5.41) is 4.14. The molecule has 0 saturated heterocycles. The standard InChI is InChI=1S/C9H11N5/c1-6-3-13-14(2)8(6)7-4-11-9(10)12-5-7/h3-5H,1-2H3,(H2,10,11,12). The Balaban J connectivity index is 2.54. The van der Waals surface area contributed by atoms with Gasteiger partial charge in [0.2, 0.25) is 5.95 Å². The van der Waals surface area contributed by atoms with Crippen LogP contribution in [0.15, 0.2) is 18.6 Å². The third-order valence-corrected chi connectivity index (χ3v) is 2.07. The van der Waals surface area contributed by atoms with E-state index in [1.807, 2.05) is 20.2 Å². The molecule has 0 aromatic carbocycles. The van der Waals surface area contributed by atoms with Gasteiger partial charge in [-0.25, -0.2) is 9.97 Å². The van der Waals surface area contributed by atoms with Crippen molar-refractivity contribution < 1.29 is 0 Å². The van der Waals surface area contributed by atoms with Gasteiger partial charge in [-0.1, -0.05) is 0 Å². The van der Waals surface area contributed by atoms with Crippen molar-refractivity contribution >= 4 is 5.95 Å². The SMILES string of the molecule is Cc1cnn(C)c1-c1cnc(N)nc1. The summed E-state index contributed by atoms with van der Waals surface area (Å²) in [5.74, 6) is 0.286. The zero-order valence-electron chi connectivity index (χ0n) is 8.10. The second-order valence-electron chi connectivity index (χ2n) is 3.13. The normalized spacial score (nSPS) is 10.4. The Morgan fingerprint density at radius 2 is 1.86 bits per heavy atom. The molecule has 0 spiro atoms. The zero-order valence-corrected chi connectivity index (χ0v) is 8.10. The first kappa shape index (κ1) is 8.68. The number of anilines is 1. The zero-order chi connectivity index (χ0) is 10.1. The molecule has 0 amide bonds. The summed E-state index contributed by atoms with van der Waals surface area (Å²) >= 11 is 0. The fourth-order valence-corrected chi connectivity index (χ4v) is 1.42. The largest absolute Gasteiger partial charge is 0.368 e. The molecule has 2 N–H and O–H groups in total. The van der Waals surface area contributed by atoms with Crippen molar-refractivity contribution in [3.8, 4) is 11.3 Å². The van der Waals surface area contributed by atoms with Crippen molar-refractivity contribution in [2.75, 3.05) is 5.73 Å². The number of nitrogens with zero attached hydrogens (tertiary/aromatic N) is 4. The predicted octanol–water partition coefficient (Wildman–Crippen LogP) is 0.768. The molecule has 0 aliphatic carbocycles. The number of nitrogens with two attached hydrogens (primary N) is 1. The Bertz CT molecular complexity index is 423. The minimum absolute atomic E-state index is 0.286. The number of aryl methyl sites for hydroxylation is 2. The molecule has 2 aromatic heterocycles. The van der Waals surface area contributed by atoms with Gasteiger partial charge in [0.25, 0.3) is 0 Å². The molecule has 0 saturated carbocycles. The van der Waals surface area contributed by atoms with Gasteiger partial charge in [0.05, 0.1) is 11.9 Å². The maximum Gasteiger partial charge on any atom is 0.219 e. The van der Waals surface area contributed by atoms with Crippen molar-refractivity contribution in [2.24, 2.45) is 7.05 Å². The van der Waals surface area contributed by atoms with Crippen LogP contribution < -0.4 is 5.73 Å². The van der Waals surface area contributed by atoms with Crippen LogP contribution in [0.5, 0.6) is 0 Å². The van der Waals surface area contributed by atoms with Gasteiger partial charge < -0.3 is 5.73 Å². The summed E-state index contributed by atoms with van der Waals surface area (Å²) in [6.45, 7) is 2.00. The molecule has 2 aromatic rings. The topological polar surface area (TPSA) is 69.6 Å². The van der Waals surface area contributed by atoms with Gasteiger partial charge in [0.1, 0.15) is 0 Å². The lowest BCUT2D eigenvalue weighted by Crippen LogP contribution is -1.98. The quantitative estimate of drug-likeness (QED) is 0.719. The van der Waals surface area contributed by atoms with Gasteiger partial charge in [-0.2, -0.15) is 5.10 Å². The molecule has 0 aliphatic rings. The third-order valence-electron chi connectivity index (χ3n) is 2.07. The van der Waals surface area contributed by atoms with E-state index >= 15 is 0 Å². The summed E-state index contributed by atoms with van der Waals surface area (Å²) < 4.78 is 1.80. The Morgan fingerprint density at radius 1 is 1.21 bits per heavy atom. The van der Waals surface area contributed by atoms with Crippen LogP contribution >= 0.6 is 0 Å². The number of hydrogen-bond acceptors (Lipinski definition) is 4. The molecule has 0 bridgehead atoms. The van der Waals surface area contributed by atoms with Crippen molar-refractivity contribution in [1.29, 1.82) is 0 Å². The molecule has 5 heteroatoms. The van der Waals surface area contributed by atoms with Crippen LogP contribution in [0.3, 0.4) is 0 Å². The van der Waals surface area contributed by atoms with E-state index in [-0.39, 0.29) is 5.95 Å². The van der Waals surface area contributed by atoms with Crippen LogP contribution in [0.2, 0.25) is 0 Å². The summed E-state index contributed by atoms with van der Waals surface area (Å²) in [5.41, 5.74) is 8.46. The number of aromatic nitrogens is 4. The highest BCUT2D eigenvalue weighted by Crippen LogP contribution is 2.20. The lowest BCUT2D eigenvalue weighted by molar-refractivity contribution is 0.774. The van der Waals surface area contributed by atoms with Crippen LogP contribution in [0.1, 0.15) is 5.56 Å². The van der Waals surface area contributed by atoms with Gasteiger partial charge in [-0.15, -0.1) is 0 Å². The van der Waals surface area contributed by atoms with E-state index in [1.54, 1.807) is 17.1 Å². The minimum Gasteiger partial charge on any atom is -0.368 e. The Kier molecular flexibility index (Phi) is 1.92. The summed E-state index contributed by atoms with van der Waals surface area (Å²) in [6.07, 6.45) is 5.21. The van der Waals surface area contributed by atoms with E-state index in [9.17, 15) is 0 Å². The number of rotatable bonds is 1. The van der Waals surface area contributed by atoms with Crippen LogP contribution in [0.25, 0.3) is 11.3 Å². The molecular weight excluding hydrogens is 178 g/mol. The van der Waals surface area contributed by atoms with Gasteiger partial charge in [0, 0.05) is 25.0 Å². The van der Waals surface area contributed by atoms with Crippen molar-refractivity contribution in [2.45, 2.75) is 6.92 Å². The molecule has 0 unspecified atom stereocenters. The molecule has 0 fully saturated rings. The lowest BCUT2D eigenvalue weighted by Gasteiger charge is -2.02. The van der Waals surface area contributed by atoms with E-state index in [1.165, 1.54) is 0 Å². The van der Waals surface area contributed by atoms with Crippen LogP contribution in [-0.2, 0) is 7.05 Å². The highest BCUT2D eigenvalue weighted by atomic mass is 15.3. The van der Waals surface area contributed by atoms with E-state index in [0.717, 1.165) is 16.8 Å². The Hall–Kier alpha value is -1.91. The van der Waals surface area contributed by atoms with E-state index in [4.69, 9.17) is 5.73 Å². The molecule has 0 aliphatic heterocycles. The monoisotopic (exact) mass is 189 g/mol. The van der Waals surface area contributed by atoms with Crippen molar-refractivity contribution in [1.82, 2.24) is 19.7 Å². The average Bonchev–Trinajstić information content (AvgIpc) is 2.49. The first-order chi connectivity index (χ1) is 6.68. The van der Waals surface area contributed by atoms with Crippen molar-refractivity contribution in [3.63, 3.8) is 0 Å². The van der Waals surface area contributed by atoms with Crippen LogP contribution in [0.4, 0.5) is 5.95 Å². The van der Waals surface area contributed by atoms with E-state index in [2.05, 4.69) is 15.1 Å². The first-order valence-electron chi connectivity index (χ1n) is 4.25. The van der Waals surface area contributed by atoms with E-state index < -0.39 is 0 Å². The number of nitrogen functional groups attached to an aromatic ring is 1. The molecule has 0 atom stereocenters. The fourth-order valence-electron chi connectivity index (χ4n) is 1.42. The van der Waals surface area contributed by atoms with E-state index in [0.29, 0.717) is 0 Å². The molecule has 0 radical (unpaired) electrons. The fraction of sp³-hybridized carbons (Fsp3) is 0.222. The predicted molar refractivity (Wildman–Crippen MR) is 53.4 cm³/mol. The lowest BCUT2D eigenvalue weighted by atomic mass is 10.2. The Labute approximate surface area is 81.6 Å². The maximum atomic E-state index is 5.41. The van der Waals surface area contributed by atoms with Crippen LogP contribution in [-0.4, -0.2) is 19.7 Å². The summed E-state index contributed by atoms with van der Waals surface area (Å²) in [7, 11) is 1.89. The second kappa shape index (κ2) is 3.10. The van der Waals surface area contributed by atoms with Gasteiger partial charge >= 0.3 is 0 Å². The third kappa shape index (κ3) is 1.32. The summed E-state index contributed by atoms with van der Waals surface area (Å²) in [6, 6.07) is 0. The van der Waals surface area contributed by atoms with Gasteiger partial charge in [-0.3, -0.25) is 4.68 Å². The molecule has 2 heterocycles. The smallest absolute Gasteiger partial charge is 0.219 e. The first-order valence-corrected chi connectivity index (χ1v) is 4.25. The highest BCUT2D eigenvalue weighted by Gasteiger charge is 2.07. The molecule has 14 heavy (non-hydrogen) atoms. The van der Waals surface area contributed by atoms with Gasteiger partial charge in [0.15, 0.2) is 0 Å². The van der Waals surface area contributed by atoms with Gasteiger partial charge in [-0.05, 0) is 12.5 Å². The van der Waals surface area contributed by atoms with Crippen LogP contribution in [0, 0.1) is 6.92 Å². The minimum atomic E-state index is 0.286. The maximum absolute atomic E-state index is 5.41. The second-order valence-corrected chi connectivity index (χ2v) is 3.13. The number of hydrogen-bond donors (Lipinski definition) is 1. The molecular formula is C9H11N5. The molecule has 72 valence electrons. The molecule has 2 rings (SSSR count). The summed E-state index contributed by atoms with van der Waals surface area (Å²) in [4.78, 5) is 7.89. The molecule has 5 nitrogen and oxygen atoms in total. The highest BCUT2D eigenvalue weighted by molar-refractivity contribution is 5.61. The Morgan fingerprint density at radius 3 is 2.36 bits per heavy atom. The van der Waals surface area contributed by atoms with Crippen molar-refractivity contribution in [3.05, 3.63) is 24.2 Å².